The summed E-state index contributed by atoms with van der Waals surface area (Å²) in [6, 6.07) is 0.516. The van der Waals surface area contributed by atoms with Gasteiger partial charge in [0.1, 0.15) is 19.5 Å². The molecule has 0 unspecified atom stereocenters. The summed E-state index contributed by atoms with van der Waals surface area (Å²) in [6.45, 7) is 5.45. The first-order valence-corrected chi connectivity index (χ1v) is 8.99. The zero-order valence-electron chi connectivity index (χ0n) is 10.9. The van der Waals surface area contributed by atoms with Gasteiger partial charge < -0.3 is 0 Å². The topological polar surface area (TPSA) is 12.9 Å². The van der Waals surface area contributed by atoms with Crippen molar-refractivity contribution >= 4 is 8.07 Å². The molecule has 0 spiro atoms. The molecule has 0 fully saturated rings. The minimum atomic E-state index is -4.95. The molecule has 1 rings (SSSR count). The summed E-state index contributed by atoms with van der Waals surface area (Å²) in [7, 11) is -1.93. The van der Waals surface area contributed by atoms with E-state index in [2.05, 4.69) is 16.4 Å². The van der Waals surface area contributed by atoms with Gasteiger partial charge in [-0.3, -0.25) is 0 Å². The Hall–Kier alpha value is -1.49. The smallest absolute Gasteiger partial charge is 0.235 e. The average Bonchev–Trinajstić information content (AvgIpc) is 2.22. The van der Waals surface area contributed by atoms with E-state index in [1.807, 2.05) is 19.6 Å². The summed E-state index contributed by atoms with van der Waals surface area (Å²) in [5.41, 5.74) is -0.825. The van der Waals surface area contributed by atoms with Crippen molar-refractivity contribution in [1.82, 2.24) is 4.98 Å². The van der Waals surface area contributed by atoms with Crippen LogP contribution in [0.4, 0.5) is 26.3 Å². The van der Waals surface area contributed by atoms with Crippen LogP contribution in [-0.4, -0.2) is 13.1 Å². The highest BCUT2D eigenvalue weighted by Gasteiger charge is 2.38. The Balaban J connectivity index is 3.42. The van der Waals surface area contributed by atoms with Crippen LogP contribution in [0.25, 0.3) is 0 Å². The molecule has 110 valence electrons. The van der Waals surface area contributed by atoms with Crippen molar-refractivity contribution in [1.29, 1.82) is 0 Å². The van der Waals surface area contributed by atoms with E-state index >= 15 is 0 Å². The molecule has 1 heterocycles. The van der Waals surface area contributed by atoms with Crippen LogP contribution in [0.15, 0.2) is 12.1 Å². The number of aromatic nitrogens is 1. The quantitative estimate of drug-likeness (QED) is 0.394. The van der Waals surface area contributed by atoms with Gasteiger partial charge in [-0.2, -0.15) is 26.3 Å². The summed E-state index contributed by atoms with van der Waals surface area (Å²) in [4.78, 5) is 3.14. The molecule has 0 radical (unpaired) electrons. The number of nitrogens with zero attached hydrogens (tertiary/aromatic N) is 1. The lowest BCUT2D eigenvalue weighted by atomic mass is 10.2. The highest BCUT2D eigenvalue weighted by molar-refractivity contribution is 6.83. The first-order chi connectivity index (χ1) is 8.79. The van der Waals surface area contributed by atoms with Crippen LogP contribution in [-0.2, 0) is 12.4 Å². The third kappa shape index (κ3) is 4.88. The van der Waals surface area contributed by atoms with Gasteiger partial charge in [0.25, 0.3) is 0 Å². The molecular formula is C12H11F6NSi. The molecule has 0 aliphatic carbocycles. The van der Waals surface area contributed by atoms with Gasteiger partial charge in [-0.05, 0) is 12.1 Å². The maximum absolute atomic E-state index is 12.6. The van der Waals surface area contributed by atoms with Gasteiger partial charge in [0.15, 0.2) is 0 Å². The lowest BCUT2D eigenvalue weighted by molar-refractivity contribution is -0.145. The van der Waals surface area contributed by atoms with Crippen molar-refractivity contribution < 1.29 is 26.3 Å². The number of rotatable bonds is 0. The van der Waals surface area contributed by atoms with Gasteiger partial charge >= 0.3 is 12.4 Å². The lowest BCUT2D eigenvalue weighted by Crippen LogP contribution is -2.17. The zero-order chi connectivity index (χ0) is 15.8. The molecule has 0 amide bonds. The van der Waals surface area contributed by atoms with E-state index in [1.54, 1.807) is 0 Å². The van der Waals surface area contributed by atoms with Crippen LogP contribution < -0.4 is 0 Å². The molecule has 1 aromatic heterocycles. The summed E-state index contributed by atoms with van der Waals surface area (Å²) >= 11 is 0. The summed E-state index contributed by atoms with van der Waals surface area (Å²) in [5, 5.41) is 0. The Morgan fingerprint density at radius 2 is 1.50 bits per heavy atom. The maximum atomic E-state index is 12.6. The molecule has 0 N–H and O–H groups in total. The van der Waals surface area contributed by atoms with Gasteiger partial charge in [0.05, 0.1) is 5.56 Å². The molecule has 0 aliphatic rings. The molecule has 8 heteroatoms. The molecule has 20 heavy (non-hydrogen) atoms. The standard InChI is InChI=1S/C12H11F6NSi/c1-20(2,3)5-4-9-6-8(11(13,14)15)7-10(19-9)12(16,17)18/h6-7H,1-3H3. The van der Waals surface area contributed by atoms with Crippen molar-refractivity contribution in [3.8, 4) is 11.5 Å². The molecule has 0 atom stereocenters. The van der Waals surface area contributed by atoms with Crippen molar-refractivity contribution in [3.63, 3.8) is 0 Å². The molecule has 0 bridgehead atoms. The van der Waals surface area contributed by atoms with E-state index in [0.717, 1.165) is 0 Å². The minimum absolute atomic E-state index is 0.0142. The Kier molecular flexibility index (Phi) is 4.24. The van der Waals surface area contributed by atoms with E-state index in [1.165, 1.54) is 0 Å². The fraction of sp³-hybridized carbons (Fsp3) is 0.417. The first kappa shape index (κ1) is 16.6. The van der Waals surface area contributed by atoms with Gasteiger partial charge in [0.2, 0.25) is 0 Å². The van der Waals surface area contributed by atoms with Crippen LogP contribution in [0.1, 0.15) is 17.0 Å². The number of halogens is 6. The van der Waals surface area contributed by atoms with Gasteiger partial charge in [-0.1, -0.05) is 25.6 Å². The highest BCUT2D eigenvalue weighted by Crippen LogP contribution is 2.34. The second kappa shape index (κ2) is 5.13. The van der Waals surface area contributed by atoms with E-state index in [-0.39, 0.29) is 6.07 Å². The van der Waals surface area contributed by atoms with Crippen LogP contribution >= 0.6 is 0 Å². The van der Waals surface area contributed by atoms with Crippen molar-refractivity contribution in [2.24, 2.45) is 0 Å². The maximum Gasteiger partial charge on any atom is 0.433 e. The minimum Gasteiger partial charge on any atom is -0.235 e. The molecule has 0 saturated carbocycles. The van der Waals surface area contributed by atoms with E-state index in [9.17, 15) is 26.3 Å². The average molecular weight is 311 g/mol. The van der Waals surface area contributed by atoms with Crippen LogP contribution in [0.5, 0.6) is 0 Å². The SMILES string of the molecule is C[Si](C)(C)C#Cc1cc(C(F)(F)F)cc(C(F)(F)F)n1. The summed E-state index contributed by atoms with van der Waals surface area (Å²) in [5.74, 6) is 2.31. The summed E-state index contributed by atoms with van der Waals surface area (Å²) < 4.78 is 75.3. The predicted molar refractivity (Wildman–Crippen MR) is 64.5 cm³/mol. The van der Waals surface area contributed by atoms with Crippen LogP contribution in [0, 0.1) is 11.5 Å². The highest BCUT2D eigenvalue weighted by atomic mass is 28.3. The third-order valence-electron chi connectivity index (χ3n) is 2.01. The Morgan fingerprint density at radius 3 is 1.90 bits per heavy atom. The van der Waals surface area contributed by atoms with Crippen LogP contribution in [0.3, 0.4) is 0 Å². The van der Waals surface area contributed by atoms with Crippen molar-refractivity contribution in [2.45, 2.75) is 32.0 Å². The van der Waals surface area contributed by atoms with E-state index in [4.69, 9.17) is 0 Å². The fourth-order valence-corrected chi connectivity index (χ4v) is 1.66. The van der Waals surface area contributed by atoms with Gasteiger partial charge in [-0.25, -0.2) is 4.98 Å². The van der Waals surface area contributed by atoms with E-state index < -0.39 is 37.4 Å². The monoisotopic (exact) mass is 311 g/mol. The van der Waals surface area contributed by atoms with Gasteiger partial charge in [-0.15, -0.1) is 5.54 Å². The normalized spacial score (nSPS) is 12.8. The predicted octanol–water partition coefficient (Wildman–Crippen LogP) is 4.35. The Bertz CT molecular complexity index is 524. The lowest BCUT2D eigenvalue weighted by Gasteiger charge is -2.11. The molecular weight excluding hydrogens is 300 g/mol. The zero-order valence-corrected chi connectivity index (χ0v) is 11.9. The molecule has 0 saturated heterocycles. The van der Waals surface area contributed by atoms with Crippen molar-refractivity contribution in [2.75, 3.05) is 0 Å². The van der Waals surface area contributed by atoms with Crippen molar-refractivity contribution in [3.05, 3.63) is 29.1 Å². The Morgan fingerprint density at radius 1 is 0.950 bits per heavy atom. The fourth-order valence-electron chi connectivity index (χ4n) is 1.16. The molecule has 0 aliphatic heterocycles. The number of hydrogen-bond acceptors (Lipinski definition) is 1. The molecule has 1 nitrogen and oxygen atoms in total. The third-order valence-corrected chi connectivity index (χ3v) is 2.88. The molecule has 0 aromatic carbocycles. The number of alkyl halides is 6. The number of hydrogen-bond donors (Lipinski definition) is 0. The van der Waals surface area contributed by atoms with Gasteiger partial charge in [0, 0.05) is 0 Å². The largest absolute Gasteiger partial charge is 0.433 e. The second-order valence-electron chi connectivity index (χ2n) is 5.12. The number of pyridine rings is 1. The first-order valence-electron chi connectivity index (χ1n) is 5.49. The second-order valence-corrected chi connectivity index (χ2v) is 9.87. The molecule has 1 aromatic rings. The summed E-state index contributed by atoms with van der Waals surface area (Å²) in [6.07, 6.45) is -9.82. The Labute approximate surface area is 113 Å². The van der Waals surface area contributed by atoms with E-state index in [0.29, 0.717) is 6.07 Å². The van der Waals surface area contributed by atoms with Crippen LogP contribution in [0.2, 0.25) is 19.6 Å².